The highest BCUT2D eigenvalue weighted by molar-refractivity contribution is 5.20. The van der Waals surface area contributed by atoms with E-state index in [-0.39, 0.29) is 12.3 Å². The summed E-state index contributed by atoms with van der Waals surface area (Å²) < 4.78 is 222. The van der Waals surface area contributed by atoms with Crippen LogP contribution in [-0.2, 0) is 5.92 Å². The lowest BCUT2D eigenvalue weighted by Gasteiger charge is -2.42. The van der Waals surface area contributed by atoms with Crippen LogP contribution in [0, 0.1) is 0 Å². The molecule has 31 heavy (non-hydrogen) atoms. The van der Waals surface area contributed by atoms with Gasteiger partial charge in [-0.15, -0.1) is 0 Å². The summed E-state index contributed by atoms with van der Waals surface area (Å²) >= 11 is 0. The van der Waals surface area contributed by atoms with Crippen LogP contribution in [0.5, 0.6) is 0 Å². The van der Waals surface area contributed by atoms with E-state index >= 15 is 0 Å². The average Bonchev–Trinajstić information content (AvgIpc) is 2.60. The van der Waals surface area contributed by atoms with Gasteiger partial charge in [0.15, 0.2) is 0 Å². The fraction of sp³-hybridized carbons (Fsp3) is 0.615. The molecule has 0 aliphatic carbocycles. The van der Waals surface area contributed by atoms with Crippen LogP contribution >= 0.6 is 0 Å². The van der Waals surface area contributed by atoms with Crippen molar-refractivity contribution in [2.24, 2.45) is 0 Å². The molecule has 0 atom stereocenters. The van der Waals surface area contributed by atoms with Crippen LogP contribution in [0.25, 0.3) is 0 Å². The van der Waals surface area contributed by atoms with Gasteiger partial charge in [0.25, 0.3) is 0 Å². The molecule has 1 heterocycles. The predicted octanol–water partition coefficient (Wildman–Crippen LogP) is 6.55. The van der Waals surface area contributed by atoms with Gasteiger partial charge in [0.05, 0.1) is 0 Å². The zero-order valence-electron chi connectivity index (χ0n) is 13.7. The van der Waals surface area contributed by atoms with Crippen molar-refractivity contribution in [2.45, 2.75) is 47.6 Å². The lowest BCUT2D eigenvalue weighted by molar-refractivity contribution is -0.462. The van der Waals surface area contributed by atoms with Crippen molar-refractivity contribution in [3.8, 4) is 0 Å². The Kier molecular flexibility index (Phi) is 6.08. The van der Waals surface area contributed by atoms with Crippen LogP contribution in [0.15, 0.2) is 24.4 Å². The Morgan fingerprint density at radius 3 is 1.13 bits per heavy atom. The Morgan fingerprint density at radius 2 is 0.806 bits per heavy atom. The molecule has 1 nitrogen and oxygen atoms in total. The average molecular weight is 497 g/mol. The van der Waals surface area contributed by atoms with Crippen LogP contribution in [0.1, 0.15) is 5.69 Å². The van der Waals surface area contributed by atoms with Gasteiger partial charge in [0.1, 0.15) is 5.69 Å². The van der Waals surface area contributed by atoms with Gasteiger partial charge >= 0.3 is 47.6 Å². The molecule has 180 valence electrons. The van der Waals surface area contributed by atoms with Crippen molar-refractivity contribution in [3.63, 3.8) is 0 Å². The zero-order chi connectivity index (χ0) is 25.1. The molecule has 1 aromatic heterocycles. The molecule has 1 rings (SSSR count). The summed E-state index contributed by atoms with van der Waals surface area (Å²) in [6.07, 6.45) is -7.58. The summed E-state index contributed by atoms with van der Waals surface area (Å²) in [4.78, 5) is 2.38. The standard InChI is InChI=1S/C13H4F17N/c14-6(15,5-3-1-2-4-31-5)7(16,17)8(18,19)9(20,21)10(22,23)11(24,25)12(26,27)13(28,29)30/h1-4H. The number of hydrogen-bond donors (Lipinski definition) is 0. The van der Waals surface area contributed by atoms with E-state index in [2.05, 4.69) is 4.98 Å². The second-order valence-electron chi connectivity index (χ2n) is 5.73. The molecule has 0 unspecified atom stereocenters. The highest BCUT2D eigenvalue weighted by Crippen LogP contribution is 2.64. The maximum atomic E-state index is 13.7. The van der Waals surface area contributed by atoms with Crippen LogP contribution in [0.4, 0.5) is 74.6 Å². The van der Waals surface area contributed by atoms with Gasteiger partial charge in [-0.3, -0.25) is 4.98 Å². The summed E-state index contributed by atoms with van der Waals surface area (Å²) in [5, 5.41) is 0. The molecule has 0 saturated carbocycles. The minimum absolute atomic E-state index is 0.197. The molecule has 0 radical (unpaired) electrons. The number of alkyl halides is 17. The third-order valence-corrected chi connectivity index (χ3v) is 3.71. The van der Waals surface area contributed by atoms with Gasteiger partial charge in [-0.05, 0) is 12.1 Å². The quantitative estimate of drug-likeness (QED) is 0.390. The molecule has 1 aromatic rings. The van der Waals surface area contributed by atoms with Crippen LogP contribution in [0.2, 0.25) is 0 Å². The highest BCUT2D eigenvalue weighted by atomic mass is 19.4. The Morgan fingerprint density at radius 1 is 0.452 bits per heavy atom. The molecular formula is C13H4F17N. The van der Waals surface area contributed by atoms with Gasteiger partial charge in [-0.1, -0.05) is 6.07 Å². The zero-order valence-corrected chi connectivity index (χ0v) is 13.7. The minimum atomic E-state index is -8.63. The third kappa shape index (κ3) is 3.35. The Balaban J connectivity index is 3.69. The van der Waals surface area contributed by atoms with E-state index in [1.54, 1.807) is 0 Å². The molecule has 0 aliphatic heterocycles. The van der Waals surface area contributed by atoms with Gasteiger partial charge in [-0.2, -0.15) is 74.6 Å². The van der Waals surface area contributed by atoms with Gasteiger partial charge in [0.2, 0.25) is 0 Å². The van der Waals surface area contributed by atoms with Crippen molar-refractivity contribution in [2.75, 3.05) is 0 Å². The molecule has 0 aromatic carbocycles. The van der Waals surface area contributed by atoms with Gasteiger partial charge in [0, 0.05) is 6.20 Å². The number of pyridine rings is 1. The Labute approximate surface area is 158 Å². The largest absolute Gasteiger partial charge is 0.460 e. The third-order valence-electron chi connectivity index (χ3n) is 3.71. The van der Waals surface area contributed by atoms with E-state index in [1.165, 1.54) is 0 Å². The highest BCUT2D eigenvalue weighted by Gasteiger charge is 2.95. The van der Waals surface area contributed by atoms with E-state index in [0.717, 1.165) is 0 Å². The maximum Gasteiger partial charge on any atom is 0.460 e. The van der Waals surface area contributed by atoms with E-state index in [0.29, 0.717) is 12.1 Å². The first kappa shape index (κ1) is 27.0. The second kappa shape index (κ2) is 6.98. The van der Waals surface area contributed by atoms with Crippen molar-refractivity contribution < 1.29 is 74.6 Å². The normalized spacial score (nSPS) is 15.9. The number of nitrogens with zero attached hydrogens (tertiary/aromatic N) is 1. The predicted molar refractivity (Wildman–Crippen MR) is 63.9 cm³/mol. The number of halogens is 17. The molecule has 0 aliphatic rings. The fourth-order valence-electron chi connectivity index (χ4n) is 1.87. The van der Waals surface area contributed by atoms with Crippen molar-refractivity contribution in [1.29, 1.82) is 0 Å². The van der Waals surface area contributed by atoms with Crippen LogP contribution in [0.3, 0.4) is 0 Å². The molecular weight excluding hydrogens is 493 g/mol. The SMILES string of the molecule is FC(F)(F)C(F)(F)C(F)(F)C(F)(F)C(F)(F)C(F)(F)C(F)(F)C(F)(F)c1ccccn1. The first-order valence-corrected chi connectivity index (χ1v) is 6.98. The van der Waals surface area contributed by atoms with Crippen LogP contribution < -0.4 is 0 Å². The lowest BCUT2D eigenvalue weighted by Crippen LogP contribution is -2.74. The maximum absolute atomic E-state index is 13.7. The van der Waals surface area contributed by atoms with Gasteiger partial charge < -0.3 is 0 Å². The van der Waals surface area contributed by atoms with Crippen molar-refractivity contribution >= 4 is 0 Å². The smallest absolute Gasteiger partial charge is 0.255 e. The topological polar surface area (TPSA) is 12.9 Å². The van der Waals surface area contributed by atoms with E-state index < -0.39 is 53.3 Å². The molecule has 0 bridgehead atoms. The van der Waals surface area contributed by atoms with Crippen molar-refractivity contribution in [1.82, 2.24) is 4.98 Å². The summed E-state index contributed by atoms with van der Waals surface area (Å²) in [6, 6.07) is 0.861. The number of hydrogen-bond acceptors (Lipinski definition) is 1. The summed E-state index contributed by atoms with van der Waals surface area (Å²) in [7, 11) is 0. The number of rotatable bonds is 7. The van der Waals surface area contributed by atoms with Gasteiger partial charge in [-0.25, -0.2) is 0 Å². The molecule has 0 saturated heterocycles. The van der Waals surface area contributed by atoms with E-state index in [9.17, 15) is 74.6 Å². The summed E-state index contributed by atoms with van der Waals surface area (Å²) in [5.41, 5.74) is -2.48. The van der Waals surface area contributed by atoms with E-state index in [4.69, 9.17) is 0 Å². The Hall–Kier alpha value is -2.04. The van der Waals surface area contributed by atoms with Crippen molar-refractivity contribution in [3.05, 3.63) is 30.1 Å². The lowest BCUT2D eigenvalue weighted by atomic mass is 9.88. The molecule has 0 amide bonds. The van der Waals surface area contributed by atoms with E-state index in [1.807, 2.05) is 0 Å². The summed E-state index contributed by atoms with van der Waals surface area (Å²) in [5.74, 6) is -56.6. The second-order valence-corrected chi connectivity index (χ2v) is 5.73. The molecule has 18 heteroatoms. The fourth-order valence-corrected chi connectivity index (χ4v) is 1.87. The first-order valence-electron chi connectivity index (χ1n) is 6.98. The molecule has 0 N–H and O–H groups in total. The summed E-state index contributed by atoms with van der Waals surface area (Å²) in [6.45, 7) is 0. The monoisotopic (exact) mass is 497 g/mol. The minimum Gasteiger partial charge on any atom is -0.255 e. The first-order chi connectivity index (χ1) is 13.4. The molecule has 0 fully saturated rings. The molecule has 0 spiro atoms. The Bertz CT molecular complexity index is 779. The number of aromatic nitrogens is 1. The van der Waals surface area contributed by atoms with Crippen LogP contribution in [-0.4, -0.2) is 46.7 Å².